The van der Waals surface area contributed by atoms with E-state index < -0.39 is 5.97 Å². The van der Waals surface area contributed by atoms with Gasteiger partial charge in [-0.1, -0.05) is 41.9 Å². The van der Waals surface area contributed by atoms with Gasteiger partial charge in [0.1, 0.15) is 5.82 Å². The van der Waals surface area contributed by atoms with Gasteiger partial charge in [0.05, 0.1) is 11.3 Å². The second-order valence-corrected chi connectivity index (χ2v) is 6.51. The number of allylic oxidation sites excluding steroid dienone is 1. The van der Waals surface area contributed by atoms with Crippen molar-refractivity contribution >= 4 is 23.3 Å². The van der Waals surface area contributed by atoms with Crippen LogP contribution in [0.1, 0.15) is 24.5 Å². The Labute approximate surface area is 150 Å². The summed E-state index contributed by atoms with van der Waals surface area (Å²) >= 11 is 5.99. The van der Waals surface area contributed by atoms with Gasteiger partial charge in [0.25, 0.3) is 0 Å². The van der Waals surface area contributed by atoms with Crippen LogP contribution in [0.15, 0.2) is 64.8 Å². The molecule has 0 saturated heterocycles. The zero-order valence-electron chi connectivity index (χ0n) is 13.7. The molecule has 128 valence electrons. The molecule has 0 saturated carbocycles. The first-order chi connectivity index (χ1) is 12.0. The molecule has 1 unspecified atom stereocenters. The molecule has 3 nitrogen and oxygen atoms in total. The number of aliphatic imine (C=N–C) groups is 1. The Hall–Kier alpha value is -2.46. The Bertz CT molecular complexity index is 875. The van der Waals surface area contributed by atoms with Gasteiger partial charge < -0.3 is 5.11 Å². The number of carboxylic acids is 1. The normalized spacial score (nSPS) is 17.4. The maximum absolute atomic E-state index is 14.2. The summed E-state index contributed by atoms with van der Waals surface area (Å²) < 4.78 is 14.2. The maximum Gasteiger partial charge on any atom is 0.333 e. The van der Waals surface area contributed by atoms with Crippen LogP contribution in [-0.2, 0) is 11.2 Å². The zero-order chi connectivity index (χ0) is 18.0. The molecule has 3 rings (SSSR count). The van der Waals surface area contributed by atoms with E-state index in [2.05, 4.69) is 4.99 Å². The predicted octanol–water partition coefficient (Wildman–Crippen LogP) is 4.89. The monoisotopic (exact) mass is 357 g/mol. The summed E-state index contributed by atoms with van der Waals surface area (Å²) in [6, 6.07) is 14.0. The van der Waals surface area contributed by atoms with Gasteiger partial charge in [0, 0.05) is 16.6 Å². The minimum atomic E-state index is -0.982. The van der Waals surface area contributed by atoms with Gasteiger partial charge >= 0.3 is 5.97 Å². The second kappa shape index (κ2) is 7.19. The molecule has 0 radical (unpaired) electrons. The van der Waals surface area contributed by atoms with E-state index in [-0.39, 0.29) is 17.3 Å². The minimum absolute atomic E-state index is 0.231. The highest BCUT2D eigenvalue weighted by molar-refractivity contribution is 6.30. The van der Waals surface area contributed by atoms with Crippen LogP contribution >= 0.6 is 11.6 Å². The van der Waals surface area contributed by atoms with Crippen LogP contribution < -0.4 is 0 Å². The van der Waals surface area contributed by atoms with Crippen molar-refractivity contribution in [2.75, 3.05) is 0 Å². The van der Waals surface area contributed by atoms with E-state index in [1.54, 1.807) is 13.0 Å². The van der Waals surface area contributed by atoms with Gasteiger partial charge in [-0.05, 0) is 49.1 Å². The van der Waals surface area contributed by atoms with Crippen molar-refractivity contribution in [3.05, 3.63) is 81.8 Å². The summed E-state index contributed by atoms with van der Waals surface area (Å²) in [5, 5.41) is 9.88. The van der Waals surface area contributed by atoms with Gasteiger partial charge in [0.2, 0.25) is 0 Å². The molecule has 0 amide bonds. The Balaban J connectivity index is 2.02. The minimum Gasteiger partial charge on any atom is -0.478 e. The van der Waals surface area contributed by atoms with Gasteiger partial charge in [-0.2, -0.15) is 0 Å². The number of rotatable bonds is 4. The molecule has 5 heteroatoms. The van der Waals surface area contributed by atoms with Gasteiger partial charge in [-0.15, -0.1) is 0 Å². The zero-order valence-corrected chi connectivity index (χ0v) is 14.4. The van der Waals surface area contributed by atoms with Gasteiger partial charge in [-0.25, -0.2) is 9.18 Å². The fourth-order valence-corrected chi connectivity index (χ4v) is 3.31. The van der Waals surface area contributed by atoms with E-state index in [1.807, 2.05) is 30.3 Å². The highest BCUT2D eigenvalue weighted by Crippen LogP contribution is 2.31. The van der Waals surface area contributed by atoms with Gasteiger partial charge in [0.15, 0.2) is 0 Å². The summed E-state index contributed by atoms with van der Waals surface area (Å²) in [5.41, 5.74) is 2.92. The van der Waals surface area contributed by atoms with Crippen molar-refractivity contribution < 1.29 is 14.3 Å². The number of carboxylic acid groups (broad SMARTS) is 1. The SMILES string of the molecule is CC1=C(C(=O)O)CC(Cc2cc(Cl)ccc2F)C(c2ccccc2)=N1. The van der Waals surface area contributed by atoms with Crippen molar-refractivity contribution in [2.24, 2.45) is 10.9 Å². The molecule has 1 heterocycles. The largest absolute Gasteiger partial charge is 0.478 e. The van der Waals surface area contributed by atoms with E-state index >= 15 is 0 Å². The molecule has 0 aromatic heterocycles. The Morgan fingerprint density at radius 1 is 1.28 bits per heavy atom. The van der Waals surface area contributed by atoms with E-state index in [9.17, 15) is 14.3 Å². The third kappa shape index (κ3) is 3.80. The standard InChI is InChI=1S/C20H17ClFNO2/c1-12-17(20(24)25)11-15(9-14-10-16(21)7-8-18(14)22)19(23-12)13-5-3-2-4-6-13/h2-8,10,15H,9,11H2,1H3,(H,24,25). The quantitative estimate of drug-likeness (QED) is 0.847. The molecule has 0 aliphatic carbocycles. The Morgan fingerprint density at radius 3 is 2.68 bits per heavy atom. The summed E-state index contributed by atoms with van der Waals surface area (Å²) in [4.78, 5) is 16.0. The van der Waals surface area contributed by atoms with Crippen molar-refractivity contribution in [1.82, 2.24) is 0 Å². The fourth-order valence-electron chi connectivity index (χ4n) is 3.12. The number of halogens is 2. The summed E-state index contributed by atoms with van der Waals surface area (Å²) in [7, 11) is 0. The van der Waals surface area contributed by atoms with Crippen molar-refractivity contribution in [3.63, 3.8) is 0 Å². The lowest BCUT2D eigenvalue weighted by Crippen LogP contribution is -2.25. The third-order valence-corrected chi connectivity index (χ3v) is 4.60. The van der Waals surface area contributed by atoms with Gasteiger partial charge in [-0.3, -0.25) is 4.99 Å². The molecular weight excluding hydrogens is 341 g/mol. The van der Waals surface area contributed by atoms with E-state index in [0.717, 1.165) is 11.3 Å². The highest BCUT2D eigenvalue weighted by atomic mass is 35.5. The number of hydrogen-bond acceptors (Lipinski definition) is 2. The smallest absolute Gasteiger partial charge is 0.333 e. The molecule has 1 aliphatic rings. The first kappa shape index (κ1) is 17.4. The molecule has 2 aromatic carbocycles. The first-order valence-electron chi connectivity index (χ1n) is 7.96. The van der Waals surface area contributed by atoms with Crippen LogP contribution in [0, 0.1) is 11.7 Å². The summed E-state index contributed by atoms with van der Waals surface area (Å²) in [5.74, 6) is -1.56. The number of benzene rings is 2. The highest BCUT2D eigenvalue weighted by Gasteiger charge is 2.28. The lowest BCUT2D eigenvalue weighted by Gasteiger charge is -2.25. The van der Waals surface area contributed by atoms with E-state index in [4.69, 9.17) is 11.6 Å². The average Bonchev–Trinajstić information content (AvgIpc) is 2.59. The Kier molecular flexibility index (Phi) is 5.00. The lowest BCUT2D eigenvalue weighted by atomic mass is 9.83. The number of hydrogen-bond donors (Lipinski definition) is 1. The van der Waals surface area contributed by atoms with Crippen LogP contribution in [0.5, 0.6) is 0 Å². The second-order valence-electron chi connectivity index (χ2n) is 6.07. The topological polar surface area (TPSA) is 49.7 Å². The van der Waals surface area contributed by atoms with E-state index in [0.29, 0.717) is 29.1 Å². The molecule has 25 heavy (non-hydrogen) atoms. The number of carbonyl (C=O) groups is 1. The van der Waals surface area contributed by atoms with Crippen LogP contribution in [0.25, 0.3) is 0 Å². The van der Waals surface area contributed by atoms with E-state index in [1.165, 1.54) is 12.1 Å². The maximum atomic E-state index is 14.2. The molecular formula is C20H17ClFNO2. The lowest BCUT2D eigenvalue weighted by molar-refractivity contribution is -0.133. The molecule has 0 fully saturated rings. The van der Waals surface area contributed by atoms with Crippen LogP contribution in [0.2, 0.25) is 5.02 Å². The molecule has 1 N–H and O–H groups in total. The van der Waals surface area contributed by atoms with Crippen molar-refractivity contribution in [3.8, 4) is 0 Å². The molecule has 2 aromatic rings. The fraction of sp³-hybridized carbons (Fsp3) is 0.200. The Morgan fingerprint density at radius 2 is 2.00 bits per heavy atom. The molecule has 1 aliphatic heterocycles. The number of nitrogens with zero attached hydrogens (tertiary/aromatic N) is 1. The predicted molar refractivity (Wildman–Crippen MR) is 96.5 cm³/mol. The number of aliphatic carboxylic acids is 1. The summed E-state index contributed by atoms with van der Waals surface area (Å²) in [6.07, 6.45) is 0.644. The average molecular weight is 358 g/mol. The van der Waals surface area contributed by atoms with Crippen LogP contribution in [0.3, 0.4) is 0 Å². The molecule has 0 spiro atoms. The summed E-state index contributed by atoms with van der Waals surface area (Å²) in [6.45, 7) is 1.70. The molecule has 0 bridgehead atoms. The first-order valence-corrected chi connectivity index (χ1v) is 8.34. The van der Waals surface area contributed by atoms with Crippen molar-refractivity contribution in [2.45, 2.75) is 19.8 Å². The molecule has 1 atom stereocenters. The van der Waals surface area contributed by atoms with Crippen molar-refractivity contribution in [1.29, 1.82) is 0 Å². The van der Waals surface area contributed by atoms with Crippen LogP contribution in [0.4, 0.5) is 4.39 Å². The third-order valence-electron chi connectivity index (χ3n) is 4.36. The van der Waals surface area contributed by atoms with Crippen LogP contribution in [-0.4, -0.2) is 16.8 Å².